The molecule has 0 saturated heterocycles. The number of fused-ring (bicyclic) bond motifs is 5. The molecule has 0 bridgehead atoms. The lowest BCUT2D eigenvalue weighted by molar-refractivity contribution is -0.146. The molecular weight excluding hydrogens is 542 g/mol. The maximum absolute atomic E-state index is 13.0. The first-order chi connectivity index (χ1) is 19.0. The van der Waals surface area contributed by atoms with Gasteiger partial charge in [-0.3, -0.25) is 9.59 Å². The average Bonchev–Trinajstić information content (AvgIpc) is 3.22. The van der Waals surface area contributed by atoms with E-state index in [2.05, 4.69) is 24.5 Å². The Morgan fingerprint density at radius 2 is 1.73 bits per heavy atom. The van der Waals surface area contributed by atoms with Crippen molar-refractivity contribution in [3.05, 3.63) is 35.9 Å². The molecule has 1 unspecified atom stereocenters. The Kier molecular flexibility index (Phi) is 9.34. The highest BCUT2D eigenvalue weighted by molar-refractivity contribution is 5.85. The van der Waals surface area contributed by atoms with Gasteiger partial charge in [0, 0.05) is 25.4 Å². The highest BCUT2D eigenvalue weighted by Gasteiger charge is 2.67. The van der Waals surface area contributed by atoms with Crippen molar-refractivity contribution in [2.75, 3.05) is 13.7 Å². The topological polar surface area (TPSA) is 120 Å². The minimum Gasteiger partial charge on any atom is -0.463 e. The number of alkyl carbamates (subject to hydrolysis) is 1. The van der Waals surface area contributed by atoms with Gasteiger partial charge in [-0.1, -0.05) is 44.2 Å². The van der Waals surface area contributed by atoms with E-state index in [1.807, 2.05) is 30.3 Å². The summed E-state index contributed by atoms with van der Waals surface area (Å²) in [4.78, 5) is 37.2. The smallest absolute Gasteiger partial charge is 0.408 e. The molecule has 2 amide bonds. The summed E-state index contributed by atoms with van der Waals surface area (Å²) in [5.41, 5.74) is 7.93. The fraction of sp³-hybridized carbons (Fsp3) is 0.719. The van der Waals surface area contributed by atoms with E-state index in [0.717, 1.165) is 63.4 Å². The lowest BCUT2D eigenvalue weighted by atomic mass is 9.42. The minimum absolute atomic E-state index is 0. The van der Waals surface area contributed by atoms with Crippen molar-refractivity contribution >= 4 is 30.4 Å². The van der Waals surface area contributed by atoms with E-state index in [-0.39, 0.29) is 59.3 Å². The third-order valence-electron chi connectivity index (χ3n) is 11.7. The fourth-order valence-corrected chi connectivity index (χ4v) is 9.42. The Balaban J connectivity index is 0.00000387. The monoisotopic (exact) mass is 589 g/mol. The number of hydrogen-bond donors (Lipinski definition) is 3. The molecule has 8 nitrogen and oxygen atoms in total. The van der Waals surface area contributed by atoms with Crippen molar-refractivity contribution in [2.45, 2.75) is 96.2 Å². The molecule has 0 radical (unpaired) electrons. The van der Waals surface area contributed by atoms with Gasteiger partial charge >= 0.3 is 12.1 Å². The molecule has 4 aliphatic rings. The normalized spacial score (nSPS) is 38.1. The van der Waals surface area contributed by atoms with Crippen LogP contribution in [0.3, 0.4) is 0 Å². The number of carbonyl (C=O) groups excluding carboxylic acids is 3. The standard InChI is InChI=1S/C32H47N3O5.ClH/c1-20(36)39-19-27(21-8-6-5-7-9-21)35-29(38)40-23-12-15-30(2)22(18-23)10-11-25-24(30)13-16-31(3)26(28(37)34-4)14-17-32(25,31)33;/h5-9,22-27H,10-19,33H2,1-4H3,(H,34,37)(H,35,38);1H/t22-,23+,24+,25-,26-,27?,30+,31-,32+;/m1./s1. The Hall–Kier alpha value is -2.32. The molecule has 4 N–H and O–H groups in total. The largest absolute Gasteiger partial charge is 0.463 e. The van der Waals surface area contributed by atoms with Crippen LogP contribution < -0.4 is 16.4 Å². The molecule has 0 aromatic heterocycles. The van der Waals surface area contributed by atoms with Crippen LogP contribution in [0.2, 0.25) is 0 Å². The van der Waals surface area contributed by atoms with Crippen molar-refractivity contribution in [1.29, 1.82) is 0 Å². The van der Waals surface area contributed by atoms with E-state index < -0.39 is 12.1 Å². The van der Waals surface area contributed by atoms with E-state index in [1.165, 1.54) is 6.92 Å². The highest BCUT2D eigenvalue weighted by atomic mass is 35.5. The van der Waals surface area contributed by atoms with Crippen LogP contribution in [0.4, 0.5) is 4.79 Å². The number of amides is 2. The first kappa shape index (κ1) is 31.6. The van der Waals surface area contributed by atoms with Crippen LogP contribution >= 0.6 is 12.4 Å². The predicted molar refractivity (Wildman–Crippen MR) is 159 cm³/mol. The van der Waals surface area contributed by atoms with Crippen molar-refractivity contribution in [3.8, 4) is 0 Å². The van der Waals surface area contributed by atoms with Gasteiger partial charge in [-0.2, -0.15) is 0 Å². The molecule has 4 fully saturated rings. The van der Waals surface area contributed by atoms with Gasteiger partial charge in [0.25, 0.3) is 0 Å². The Morgan fingerprint density at radius 1 is 1.00 bits per heavy atom. The third-order valence-corrected chi connectivity index (χ3v) is 11.7. The van der Waals surface area contributed by atoms with E-state index in [1.54, 1.807) is 7.05 Å². The zero-order chi connectivity index (χ0) is 28.7. The number of hydrogen-bond acceptors (Lipinski definition) is 6. The van der Waals surface area contributed by atoms with Crippen LogP contribution in [0, 0.1) is 34.5 Å². The molecule has 1 aromatic rings. The average molecular weight is 590 g/mol. The second-order valence-corrected chi connectivity index (χ2v) is 13.4. The van der Waals surface area contributed by atoms with Gasteiger partial charge < -0.3 is 25.8 Å². The number of halogens is 1. The van der Waals surface area contributed by atoms with Gasteiger partial charge in [0.15, 0.2) is 0 Å². The number of ether oxygens (including phenoxy) is 2. The zero-order valence-corrected chi connectivity index (χ0v) is 25.8. The van der Waals surface area contributed by atoms with Gasteiger partial charge in [-0.25, -0.2) is 4.79 Å². The molecule has 0 heterocycles. The zero-order valence-electron chi connectivity index (χ0n) is 24.9. The molecule has 228 valence electrons. The number of carbonyl (C=O) groups is 3. The molecule has 9 atom stereocenters. The van der Waals surface area contributed by atoms with Gasteiger partial charge in [0.1, 0.15) is 12.7 Å². The van der Waals surface area contributed by atoms with Gasteiger partial charge in [-0.15, -0.1) is 12.4 Å². The Labute approximate surface area is 250 Å². The van der Waals surface area contributed by atoms with Crippen molar-refractivity contribution in [3.63, 3.8) is 0 Å². The first-order valence-electron chi connectivity index (χ1n) is 15.2. The first-order valence-corrected chi connectivity index (χ1v) is 15.2. The van der Waals surface area contributed by atoms with Crippen LogP contribution in [0.5, 0.6) is 0 Å². The van der Waals surface area contributed by atoms with Crippen LogP contribution in [0.15, 0.2) is 30.3 Å². The van der Waals surface area contributed by atoms with Crippen LogP contribution in [0.25, 0.3) is 0 Å². The second-order valence-electron chi connectivity index (χ2n) is 13.4. The summed E-state index contributed by atoms with van der Waals surface area (Å²) in [6.07, 6.45) is 8.17. The summed E-state index contributed by atoms with van der Waals surface area (Å²) in [6.45, 7) is 6.15. The number of esters is 1. The Morgan fingerprint density at radius 3 is 2.41 bits per heavy atom. The highest BCUT2D eigenvalue weighted by Crippen LogP contribution is 2.68. The number of benzene rings is 1. The molecular formula is C32H48ClN3O5. The molecule has 5 rings (SSSR count). The van der Waals surface area contributed by atoms with Crippen LogP contribution in [-0.4, -0.2) is 43.3 Å². The lowest BCUT2D eigenvalue weighted by Crippen LogP contribution is -2.67. The van der Waals surface area contributed by atoms with E-state index in [0.29, 0.717) is 17.8 Å². The van der Waals surface area contributed by atoms with E-state index >= 15 is 0 Å². The minimum atomic E-state index is -0.469. The number of nitrogens with one attached hydrogen (secondary N) is 2. The molecule has 9 heteroatoms. The Bertz CT molecular complexity index is 1120. The molecule has 0 aliphatic heterocycles. The van der Waals surface area contributed by atoms with Crippen molar-refractivity contribution < 1.29 is 23.9 Å². The molecule has 0 spiro atoms. The molecule has 1 aromatic carbocycles. The number of nitrogens with two attached hydrogens (primary N) is 1. The quantitative estimate of drug-likeness (QED) is 0.388. The van der Waals surface area contributed by atoms with Crippen LogP contribution in [0.1, 0.15) is 90.2 Å². The SMILES string of the molecule is CNC(=O)[C@H]1CC[C@]2(N)[C@@H]3CC[C@@H]4C[C@@H](OC(=O)NC(COC(C)=O)c5ccccc5)CC[C@]4(C)[C@H]3CC[C@]12C.Cl. The van der Waals surface area contributed by atoms with Gasteiger partial charge in [0.2, 0.25) is 5.91 Å². The van der Waals surface area contributed by atoms with Gasteiger partial charge in [-0.05, 0) is 91.9 Å². The molecule has 41 heavy (non-hydrogen) atoms. The summed E-state index contributed by atoms with van der Waals surface area (Å²) in [5.74, 6) is 1.20. The van der Waals surface area contributed by atoms with E-state index in [4.69, 9.17) is 15.2 Å². The summed E-state index contributed by atoms with van der Waals surface area (Å²) in [7, 11) is 1.74. The maximum Gasteiger partial charge on any atom is 0.408 e. The summed E-state index contributed by atoms with van der Waals surface area (Å²) in [6, 6.07) is 9.03. The lowest BCUT2D eigenvalue weighted by Gasteiger charge is -2.64. The molecule has 4 saturated carbocycles. The van der Waals surface area contributed by atoms with E-state index in [9.17, 15) is 14.4 Å². The van der Waals surface area contributed by atoms with Crippen molar-refractivity contribution in [2.24, 2.45) is 40.2 Å². The number of rotatable bonds is 6. The van der Waals surface area contributed by atoms with Gasteiger partial charge in [0.05, 0.1) is 6.04 Å². The maximum atomic E-state index is 13.0. The van der Waals surface area contributed by atoms with Crippen molar-refractivity contribution in [1.82, 2.24) is 10.6 Å². The summed E-state index contributed by atoms with van der Waals surface area (Å²) < 4.78 is 11.2. The predicted octanol–water partition coefficient (Wildman–Crippen LogP) is 5.29. The van der Waals surface area contributed by atoms with Crippen LogP contribution in [-0.2, 0) is 19.1 Å². The fourth-order valence-electron chi connectivity index (χ4n) is 9.42. The third kappa shape index (κ3) is 5.58. The molecule has 4 aliphatic carbocycles. The summed E-state index contributed by atoms with van der Waals surface area (Å²) >= 11 is 0. The second kappa shape index (κ2) is 12.1. The summed E-state index contributed by atoms with van der Waals surface area (Å²) in [5, 5.41) is 5.82.